The van der Waals surface area contributed by atoms with Gasteiger partial charge in [0.25, 0.3) is 6.43 Å². The maximum atomic E-state index is 14.6. The standard InChI is InChI=1S/C38H49F2N9O3.C2H4O/c1-45-11-9-32-30(22-45)36(48-10-3-4-23-14-28(24-20-43-46(2)21-24)29(35(39)40)15-33(23)48)44-49(32)25-7-12-47(13-8-25)26-16-38(17-26)18-27(19-38)52-34(42)6-5-31(41)37(50)51;1-2-3/h5-6,14-15,20-21,25-27,35H,3-4,7-13,16-19,22,41-42H2,1-2H3,(H,50,51);2H,1H3/b31-5-,34-6+;. The lowest BCUT2D eigenvalue weighted by atomic mass is 9.52. The van der Waals surface area contributed by atoms with E-state index in [1.807, 2.05) is 6.07 Å². The Morgan fingerprint density at radius 3 is 2.42 bits per heavy atom. The predicted molar refractivity (Wildman–Crippen MR) is 205 cm³/mol. The molecule has 2 aliphatic carbocycles. The second kappa shape index (κ2) is 15.8. The van der Waals surface area contributed by atoms with Gasteiger partial charge in [-0.15, -0.1) is 0 Å². The average Bonchev–Trinajstić information content (AvgIpc) is 3.73. The van der Waals surface area contributed by atoms with Gasteiger partial charge in [0.15, 0.2) is 11.7 Å². The Balaban J connectivity index is 0.00000150. The number of carboxylic acid groups (broad SMARTS) is 1. The van der Waals surface area contributed by atoms with Crippen LogP contribution >= 0.6 is 0 Å². The molecule has 296 valence electrons. The van der Waals surface area contributed by atoms with Crippen molar-refractivity contribution >= 4 is 23.8 Å². The number of anilines is 2. The van der Waals surface area contributed by atoms with Gasteiger partial charge in [0.2, 0.25) is 0 Å². The van der Waals surface area contributed by atoms with Crippen molar-refractivity contribution in [2.75, 3.05) is 38.1 Å². The van der Waals surface area contributed by atoms with E-state index >= 15 is 0 Å². The van der Waals surface area contributed by atoms with Crippen molar-refractivity contribution in [2.45, 2.75) is 95.9 Å². The first kappa shape index (κ1) is 38.5. The molecule has 0 atom stereocenters. The van der Waals surface area contributed by atoms with Crippen LogP contribution in [0.5, 0.6) is 0 Å². The highest BCUT2D eigenvalue weighted by Gasteiger charge is 2.55. The summed E-state index contributed by atoms with van der Waals surface area (Å²) in [6.07, 6.45) is 13.4. The number of fused-ring (bicyclic) bond motifs is 2. The van der Waals surface area contributed by atoms with E-state index in [1.165, 1.54) is 30.3 Å². The van der Waals surface area contributed by atoms with E-state index in [0.717, 1.165) is 114 Å². The number of aromatic nitrogens is 4. The molecule has 15 heteroatoms. The molecule has 3 fully saturated rings. The summed E-state index contributed by atoms with van der Waals surface area (Å²) in [6.45, 7) is 6.03. The van der Waals surface area contributed by atoms with E-state index in [4.69, 9.17) is 31.2 Å². The molecule has 55 heavy (non-hydrogen) atoms. The van der Waals surface area contributed by atoms with Gasteiger partial charge in [0.05, 0.1) is 12.2 Å². The Kier molecular flexibility index (Phi) is 11.0. The van der Waals surface area contributed by atoms with Crippen LogP contribution in [0.15, 0.2) is 48.3 Å². The van der Waals surface area contributed by atoms with Crippen LogP contribution in [0.1, 0.15) is 86.7 Å². The van der Waals surface area contributed by atoms with E-state index in [-0.39, 0.29) is 23.2 Å². The number of aryl methyl sites for hydroxylation is 2. The molecule has 1 spiro atoms. The fourth-order valence-electron chi connectivity index (χ4n) is 9.43. The summed E-state index contributed by atoms with van der Waals surface area (Å²) in [5, 5.41) is 18.5. The number of piperidine rings is 1. The van der Waals surface area contributed by atoms with E-state index < -0.39 is 12.4 Å². The number of carboxylic acids is 1. The quantitative estimate of drug-likeness (QED) is 0.114. The minimum absolute atomic E-state index is 0.0381. The Bertz CT molecular complexity index is 1950. The first-order chi connectivity index (χ1) is 26.4. The summed E-state index contributed by atoms with van der Waals surface area (Å²) in [4.78, 5) is 26.9. The minimum atomic E-state index is -2.60. The van der Waals surface area contributed by atoms with E-state index in [0.29, 0.717) is 28.6 Å². The smallest absolute Gasteiger partial charge is 0.351 e. The zero-order valence-corrected chi connectivity index (χ0v) is 32.0. The minimum Gasteiger partial charge on any atom is -0.477 e. The second-order valence-electron chi connectivity index (χ2n) is 15.9. The summed E-state index contributed by atoms with van der Waals surface area (Å²) >= 11 is 0. The number of likely N-dealkylation sites (tertiary alicyclic amines) is 1. The van der Waals surface area contributed by atoms with Crippen molar-refractivity contribution in [1.29, 1.82) is 0 Å². The van der Waals surface area contributed by atoms with Crippen LogP contribution in [0.3, 0.4) is 0 Å². The fraction of sp³-hybridized carbons (Fsp3) is 0.550. The molecule has 0 amide bonds. The molecule has 2 aromatic heterocycles. The number of carbonyl (C=O) groups excluding carboxylic acids is 1. The summed E-state index contributed by atoms with van der Waals surface area (Å²) in [5.74, 6) is -0.0702. The number of carbonyl (C=O) groups is 2. The van der Waals surface area contributed by atoms with Gasteiger partial charge in [-0.2, -0.15) is 10.2 Å². The Morgan fingerprint density at radius 2 is 1.76 bits per heavy atom. The average molecular weight is 762 g/mol. The SMILES string of the molecule is CC=O.CN1CCc2c(c(N3CCCc4cc(-c5cnn(C)c5)c(C(F)F)cc43)nn2C2CCN(C3CC4(CC(O/C(N)=C/C=C(\N)C(=O)O)C4)C3)CC2)C1. The van der Waals surface area contributed by atoms with Crippen LogP contribution in [0.2, 0.25) is 0 Å². The molecular formula is C40H53F2N9O4. The number of rotatable bonds is 9. The number of likely N-dealkylation sites (N-methyl/N-ethyl adjacent to an activating group) is 1. The molecule has 13 nitrogen and oxygen atoms in total. The maximum Gasteiger partial charge on any atom is 0.351 e. The number of ether oxygens (including phenoxy) is 1. The lowest BCUT2D eigenvalue weighted by Gasteiger charge is -2.60. The number of allylic oxidation sites excluding steroid dienone is 2. The topological polar surface area (TPSA) is 161 Å². The lowest BCUT2D eigenvalue weighted by Crippen LogP contribution is -2.59. The van der Waals surface area contributed by atoms with Gasteiger partial charge in [0.1, 0.15) is 18.1 Å². The highest BCUT2D eigenvalue weighted by molar-refractivity contribution is 5.85. The van der Waals surface area contributed by atoms with Gasteiger partial charge < -0.3 is 40.8 Å². The molecule has 5 aliphatic rings. The normalized spacial score (nSPS) is 24.7. The number of halogens is 2. The molecular weight excluding hydrogens is 708 g/mol. The Hall–Kier alpha value is -4.76. The van der Waals surface area contributed by atoms with Gasteiger partial charge in [-0.1, -0.05) is 0 Å². The number of nitrogens with two attached hydrogens (primary N) is 2. The molecule has 1 saturated heterocycles. The summed E-state index contributed by atoms with van der Waals surface area (Å²) in [5.41, 5.74) is 17.2. The van der Waals surface area contributed by atoms with E-state index in [1.54, 1.807) is 30.2 Å². The summed E-state index contributed by atoms with van der Waals surface area (Å²) in [6, 6.07) is 4.56. The number of aliphatic carboxylic acids is 1. The van der Waals surface area contributed by atoms with Crippen LogP contribution in [0, 0.1) is 5.41 Å². The highest BCUT2D eigenvalue weighted by atomic mass is 19.3. The van der Waals surface area contributed by atoms with Crippen LogP contribution in [0.25, 0.3) is 11.1 Å². The van der Waals surface area contributed by atoms with Gasteiger partial charge in [-0.3, -0.25) is 9.36 Å². The van der Waals surface area contributed by atoms with Crippen LogP contribution in [-0.4, -0.2) is 92.1 Å². The monoisotopic (exact) mass is 761 g/mol. The molecule has 2 saturated carbocycles. The molecule has 5 heterocycles. The molecule has 3 aliphatic heterocycles. The van der Waals surface area contributed by atoms with Gasteiger partial charge in [-0.05, 0) is 106 Å². The third-order valence-corrected chi connectivity index (χ3v) is 12.1. The molecule has 1 aromatic carbocycles. The highest BCUT2D eigenvalue weighted by Crippen LogP contribution is 2.58. The third-order valence-electron chi connectivity index (χ3n) is 12.1. The fourth-order valence-corrected chi connectivity index (χ4v) is 9.43. The second-order valence-corrected chi connectivity index (χ2v) is 15.9. The van der Waals surface area contributed by atoms with Crippen LogP contribution in [0.4, 0.5) is 20.3 Å². The number of hydrogen-bond acceptors (Lipinski definition) is 10. The predicted octanol–water partition coefficient (Wildman–Crippen LogP) is 5.19. The summed E-state index contributed by atoms with van der Waals surface area (Å²) in [7, 11) is 3.95. The Morgan fingerprint density at radius 1 is 1.04 bits per heavy atom. The number of hydrogen-bond donors (Lipinski definition) is 3. The number of alkyl halides is 2. The van der Waals surface area contributed by atoms with Crippen molar-refractivity contribution in [3.8, 4) is 11.1 Å². The summed E-state index contributed by atoms with van der Waals surface area (Å²) < 4.78 is 39.0. The Labute approximate surface area is 320 Å². The lowest BCUT2D eigenvalue weighted by molar-refractivity contribution is -0.134. The molecule has 3 aromatic rings. The largest absolute Gasteiger partial charge is 0.477 e. The van der Waals surface area contributed by atoms with Gasteiger partial charge >= 0.3 is 5.97 Å². The van der Waals surface area contributed by atoms with Crippen molar-refractivity contribution in [3.63, 3.8) is 0 Å². The third kappa shape index (κ3) is 7.86. The first-order valence-corrected chi connectivity index (χ1v) is 19.4. The molecule has 0 radical (unpaired) electrons. The van der Waals surface area contributed by atoms with Crippen molar-refractivity contribution in [1.82, 2.24) is 29.4 Å². The van der Waals surface area contributed by atoms with E-state index in [9.17, 15) is 13.6 Å². The van der Waals surface area contributed by atoms with Crippen molar-refractivity contribution < 1.29 is 28.2 Å². The zero-order chi connectivity index (χ0) is 39.0. The maximum absolute atomic E-state index is 14.6. The first-order valence-electron chi connectivity index (χ1n) is 19.4. The van der Waals surface area contributed by atoms with Crippen molar-refractivity contribution in [2.24, 2.45) is 23.9 Å². The van der Waals surface area contributed by atoms with Crippen LogP contribution < -0.4 is 16.4 Å². The van der Waals surface area contributed by atoms with Crippen LogP contribution in [-0.2, 0) is 40.8 Å². The van der Waals surface area contributed by atoms with Gasteiger partial charge in [-0.25, -0.2) is 13.6 Å². The molecule has 5 N–H and O–H groups in total. The number of nitrogens with zero attached hydrogens (tertiary/aromatic N) is 7. The number of benzene rings is 1. The van der Waals surface area contributed by atoms with Gasteiger partial charge in [0, 0.05) is 86.5 Å². The van der Waals surface area contributed by atoms with E-state index in [2.05, 4.69) is 31.5 Å². The zero-order valence-electron chi connectivity index (χ0n) is 32.0. The number of aldehydes is 1. The molecule has 8 rings (SSSR count). The molecule has 0 unspecified atom stereocenters. The molecule has 0 bridgehead atoms. The van der Waals surface area contributed by atoms with Crippen molar-refractivity contribution in [3.05, 3.63) is 70.6 Å².